The van der Waals surface area contributed by atoms with E-state index in [4.69, 9.17) is 10.00 Å². The van der Waals surface area contributed by atoms with E-state index in [9.17, 15) is 0 Å². The summed E-state index contributed by atoms with van der Waals surface area (Å²) in [4.78, 5) is 2.22. The van der Waals surface area contributed by atoms with Gasteiger partial charge in [0.05, 0.1) is 24.6 Å². The number of morpholine rings is 1. The molecule has 0 saturated carbocycles. The number of nitriles is 1. The van der Waals surface area contributed by atoms with Crippen molar-refractivity contribution in [1.82, 2.24) is 10.2 Å². The molecule has 5 heteroatoms. The highest BCUT2D eigenvalue weighted by atomic mass is 16.5. The number of hydrogen-bond acceptors (Lipinski definition) is 5. The number of nitrogens with zero attached hydrogens (tertiary/aromatic N) is 4. The first kappa shape index (κ1) is 10.8. The van der Waals surface area contributed by atoms with Crippen LogP contribution in [0.1, 0.15) is 18.3 Å². The van der Waals surface area contributed by atoms with Crippen LogP contribution in [0.15, 0.2) is 6.07 Å². The lowest BCUT2D eigenvalue weighted by Gasteiger charge is -2.35. The molecule has 0 N–H and O–H groups in total. The number of ether oxygens (including phenoxy) is 1. The van der Waals surface area contributed by atoms with Gasteiger partial charge in [-0.3, -0.25) is 0 Å². The SMILES string of the molecule is Cc1nnc(C#N)cc1N1CCOCC1C. The Bertz CT molecular complexity index is 426. The van der Waals surface area contributed by atoms with Gasteiger partial charge in [0.2, 0.25) is 0 Å². The third-order valence-electron chi connectivity index (χ3n) is 2.74. The minimum Gasteiger partial charge on any atom is -0.377 e. The second-order valence-electron chi connectivity index (χ2n) is 3.93. The second kappa shape index (κ2) is 4.45. The molecule has 2 rings (SSSR count). The summed E-state index contributed by atoms with van der Waals surface area (Å²) in [5.74, 6) is 0. The lowest BCUT2D eigenvalue weighted by atomic mass is 10.2. The zero-order valence-electron chi connectivity index (χ0n) is 9.47. The van der Waals surface area contributed by atoms with Crippen molar-refractivity contribution in [3.05, 3.63) is 17.5 Å². The van der Waals surface area contributed by atoms with Crippen molar-refractivity contribution in [2.75, 3.05) is 24.7 Å². The van der Waals surface area contributed by atoms with Crippen molar-refractivity contribution in [2.24, 2.45) is 0 Å². The highest BCUT2D eigenvalue weighted by Crippen LogP contribution is 2.22. The van der Waals surface area contributed by atoms with Crippen LogP contribution < -0.4 is 4.90 Å². The van der Waals surface area contributed by atoms with E-state index in [0.717, 1.165) is 17.9 Å². The van der Waals surface area contributed by atoms with Gasteiger partial charge in [0.25, 0.3) is 0 Å². The monoisotopic (exact) mass is 218 g/mol. The van der Waals surface area contributed by atoms with Crippen LogP contribution in [0.5, 0.6) is 0 Å². The van der Waals surface area contributed by atoms with Gasteiger partial charge in [-0.2, -0.15) is 10.4 Å². The van der Waals surface area contributed by atoms with Crippen LogP contribution in [0.2, 0.25) is 0 Å². The molecule has 1 unspecified atom stereocenters. The Morgan fingerprint density at radius 2 is 2.38 bits per heavy atom. The van der Waals surface area contributed by atoms with Crippen molar-refractivity contribution in [3.8, 4) is 6.07 Å². The van der Waals surface area contributed by atoms with Gasteiger partial charge in [0, 0.05) is 18.7 Å². The van der Waals surface area contributed by atoms with Crippen LogP contribution in [0, 0.1) is 18.3 Å². The molecule has 1 aliphatic rings. The summed E-state index contributed by atoms with van der Waals surface area (Å²) in [5.41, 5.74) is 2.20. The van der Waals surface area contributed by atoms with Gasteiger partial charge < -0.3 is 9.64 Å². The average Bonchev–Trinajstić information content (AvgIpc) is 2.31. The van der Waals surface area contributed by atoms with Gasteiger partial charge in [-0.05, 0) is 13.8 Å². The van der Waals surface area contributed by atoms with Crippen LogP contribution in [-0.2, 0) is 4.74 Å². The van der Waals surface area contributed by atoms with Crippen molar-refractivity contribution in [1.29, 1.82) is 5.26 Å². The van der Waals surface area contributed by atoms with Crippen LogP contribution in [0.3, 0.4) is 0 Å². The maximum Gasteiger partial charge on any atom is 0.165 e. The van der Waals surface area contributed by atoms with Gasteiger partial charge in [-0.15, -0.1) is 5.10 Å². The molecule has 0 aliphatic carbocycles. The molecular weight excluding hydrogens is 204 g/mol. The Morgan fingerprint density at radius 1 is 1.56 bits per heavy atom. The maximum absolute atomic E-state index is 8.82. The van der Waals surface area contributed by atoms with E-state index < -0.39 is 0 Å². The molecular formula is C11H14N4O. The number of aryl methyl sites for hydroxylation is 1. The Labute approximate surface area is 94.7 Å². The molecule has 1 aromatic heterocycles. The smallest absolute Gasteiger partial charge is 0.165 e. The Morgan fingerprint density at radius 3 is 3.06 bits per heavy atom. The first-order chi connectivity index (χ1) is 7.72. The Hall–Kier alpha value is -1.67. The van der Waals surface area contributed by atoms with Gasteiger partial charge in [-0.1, -0.05) is 0 Å². The number of rotatable bonds is 1. The lowest BCUT2D eigenvalue weighted by molar-refractivity contribution is 0.0988. The Balaban J connectivity index is 2.34. The normalized spacial score (nSPS) is 20.6. The number of aromatic nitrogens is 2. The third-order valence-corrected chi connectivity index (χ3v) is 2.74. The summed E-state index contributed by atoms with van der Waals surface area (Å²) in [6.45, 7) is 6.27. The molecule has 1 aromatic rings. The zero-order valence-corrected chi connectivity index (χ0v) is 9.47. The molecule has 0 radical (unpaired) electrons. The number of hydrogen-bond donors (Lipinski definition) is 0. The zero-order chi connectivity index (χ0) is 11.5. The molecule has 0 spiro atoms. The second-order valence-corrected chi connectivity index (χ2v) is 3.93. The van der Waals surface area contributed by atoms with E-state index in [1.54, 1.807) is 6.07 Å². The fourth-order valence-corrected chi connectivity index (χ4v) is 1.87. The van der Waals surface area contributed by atoms with E-state index in [2.05, 4.69) is 22.0 Å². The van der Waals surface area contributed by atoms with Crippen LogP contribution >= 0.6 is 0 Å². The summed E-state index contributed by atoms with van der Waals surface area (Å²) < 4.78 is 5.39. The fraction of sp³-hybridized carbons (Fsp3) is 0.545. The molecule has 1 fully saturated rings. The van der Waals surface area contributed by atoms with Gasteiger partial charge in [0.15, 0.2) is 5.69 Å². The maximum atomic E-state index is 8.82. The molecule has 1 saturated heterocycles. The highest BCUT2D eigenvalue weighted by molar-refractivity contribution is 5.53. The molecule has 0 bridgehead atoms. The van der Waals surface area contributed by atoms with Crippen LogP contribution in [0.4, 0.5) is 5.69 Å². The molecule has 84 valence electrons. The van der Waals surface area contributed by atoms with Crippen molar-refractivity contribution in [2.45, 2.75) is 19.9 Å². The van der Waals surface area contributed by atoms with Gasteiger partial charge in [0.1, 0.15) is 6.07 Å². The summed E-state index contributed by atoms with van der Waals surface area (Å²) in [6.07, 6.45) is 0. The molecule has 16 heavy (non-hydrogen) atoms. The predicted octanol–water partition coefficient (Wildman–Crippen LogP) is 0.882. The van der Waals surface area contributed by atoms with E-state index in [0.29, 0.717) is 24.9 Å². The van der Waals surface area contributed by atoms with Gasteiger partial charge in [-0.25, -0.2) is 0 Å². The highest BCUT2D eigenvalue weighted by Gasteiger charge is 2.21. The molecule has 2 heterocycles. The summed E-state index contributed by atoms with van der Waals surface area (Å²) in [7, 11) is 0. The largest absolute Gasteiger partial charge is 0.377 e. The summed E-state index contributed by atoms with van der Waals surface area (Å²) in [6, 6.07) is 4.12. The first-order valence-electron chi connectivity index (χ1n) is 5.31. The van der Waals surface area contributed by atoms with Crippen molar-refractivity contribution >= 4 is 5.69 Å². The Kier molecular flexibility index (Phi) is 3.02. The van der Waals surface area contributed by atoms with E-state index in [1.807, 2.05) is 13.0 Å². The quantitative estimate of drug-likeness (QED) is 0.700. The molecule has 1 aliphatic heterocycles. The minimum absolute atomic E-state index is 0.309. The molecule has 1 atom stereocenters. The van der Waals surface area contributed by atoms with E-state index in [-0.39, 0.29) is 0 Å². The topological polar surface area (TPSA) is 62.0 Å². The number of anilines is 1. The van der Waals surface area contributed by atoms with Crippen molar-refractivity contribution < 1.29 is 4.74 Å². The van der Waals surface area contributed by atoms with E-state index in [1.165, 1.54) is 0 Å². The first-order valence-corrected chi connectivity index (χ1v) is 5.31. The van der Waals surface area contributed by atoms with Crippen LogP contribution in [0.25, 0.3) is 0 Å². The average molecular weight is 218 g/mol. The fourth-order valence-electron chi connectivity index (χ4n) is 1.87. The van der Waals surface area contributed by atoms with Gasteiger partial charge >= 0.3 is 0 Å². The predicted molar refractivity (Wildman–Crippen MR) is 59.1 cm³/mol. The molecule has 5 nitrogen and oxygen atoms in total. The standard InChI is InChI=1S/C11H14N4O/c1-8-7-16-4-3-15(8)11-5-10(6-12)14-13-9(11)2/h5,8H,3-4,7H2,1-2H3. The molecule has 0 amide bonds. The lowest BCUT2D eigenvalue weighted by Crippen LogP contribution is -2.44. The summed E-state index contributed by atoms with van der Waals surface area (Å²) >= 11 is 0. The minimum atomic E-state index is 0.309. The molecule has 0 aromatic carbocycles. The summed E-state index contributed by atoms with van der Waals surface area (Å²) in [5, 5.41) is 16.6. The van der Waals surface area contributed by atoms with E-state index >= 15 is 0 Å². The third kappa shape index (κ3) is 1.97. The van der Waals surface area contributed by atoms with Crippen molar-refractivity contribution in [3.63, 3.8) is 0 Å². The van der Waals surface area contributed by atoms with Crippen LogP contribution in [-0.4, -0.2) is 36.0 Å².